The molecule has 2 nitrogen and oxygen atoms in total. The van der Waals surface area contributed by atoms with Crippen molar-refractivity contribution >= 4 is 27.6 Å². The number of halogens is 1. The Morgan fingerprint density at radius 3 is 2.86 bits per heavy atom. The van der Waals surface area contributed by atoms with Gasteiger partial charge >= 0.3 is 0 Å². The Bertz CT molecular complexity index is 495. The average molecular weight is 286 g/mol. The highest BCUT2D eigenvalue weighted by Gasteiger charge is 2.04. The number of hydrogen-bond donors (Lipinski definition) is 0. The predicted octanol–water partition coefficient (Wildman–Crippen LogP) is 0.128. The molecular weight excluding hydrogens is 280 g/mol. The lowest BCUT2D eigenvalue weighted by Gasteiger charge is -1.84. The van der Waals surface area contributed by atoms with Crippen LogP contribution in [-0.2, 0) is 0 Å². The number of aromatic nitrogens is 2. The van der Waals surface area contributed by atoms with Crippen LogP contribution < -0.4 is 17.0 Å². The van der Waals surface area contributed by atoms with E-state index >= 15 is 0 Å². The van der Waals surface area contributed by atoms with Gasteiger partial charge in [0.05, 0.1) is 4.88 Å². The first kappa shape index (κ1) is 9.89. The molecule has 0 unspecified atom stereocenters. The van der Waals surface area contributed by atoms with Crippen LogP contribution in [0.25, 0.3) is 15.5 Å². The summed E-state index contributed by atoms with van der Waals surface area (Å²) in [4.78, 5) is 6.80. The van der Waals surface area contributed by atoms with Crippen molar-refractivity contribution in [2.75, 3.05) is 0 Å². The van der Waals surface area contributed by atoms with Gasteiger partial charge in [-0.1, -0.05) is 6.07 Å². The normalized spacial score (nSPS) is 10.3. The first-order chi connectivity index (χ1) is 6.43. The standard InChI is InChI=1S/C9H6N2S2.BrH/c1-2-8(12-4-1)7-6-11-3-5-13-9(11)10-7;/h1-6H;1H/p-1. The van der Waals surface area contributed by atoms with Gasteiger partial charge < -0.3 is 17.0 Å². The van der Waals surface area contributed by atoms with Crippen molar-refractivity contribution in [3.05, 3.63) is 35.3 Å². The van der Waals surface area contributed by atoms with Gasteiger partial charge in [0.15, 0.2) is 4.96 Å². The van der Waals surface area contributed by atoms with Crippen molar-refractivity contribution in [2.24, 2.45) is 0 Å². The number of thiophene rings is 1. The van der Waals surface area contributed by atoms with E-state index in [1.165, 1.54) is 4.88 Å². The van der Waals surface area contributed by atoms with Crippen molar-refractivity contribution < 1.29 is 17.0 Å². The van der Waals surface area contributed by atoms with Crippen LogP contribution in [0.2, 0.25) is 0 Å². The molecule has 0 fully saturated rings. The van der Waals surface area contributed by atoms with Crippen LogP contribution >= 0.6 is 22.7 Å². The Balaban J connectivity index is 0.000000750. The van der Waals surface area contributed by atoms with Crippen molar-refractivity contribution in [3.63, 3.8) is 0 Å². The summed E-state index contributed by atoms with van der Waals surface area (Å²) in [5, 5.41) is 4.11. The summed E-state index contributed by atoms with van der Waals surface area (Å²) in [6.45, 7) is 0. The number of imidazole rings is 1. The van der Waals surface area contributed by atoms with E-state index in [9.17, 15) is 0 Å². The molecule has 0 saturated heterocycles. The van der Waals surface area contributed by atoms with E-state index in [4.69, 9.17) is 0 Å². The number of hydrogen-bond acceptors (Lipinski definition) is 3. The molecule has 3 aromatic heterocycles. The highest BCUT2D eigenvalue weighted by Crippen LogP contribution is 2.25. The van der Waals surface area contributed by atoms with Gasteiger partial charge in [-0.05, 0) is 11.4 Å². The zero-order valence-electron chi connectivity index (χ0n) is 7.05. The maximum Gasteiger partial charge on any atom is 0.194 e. The van der Waals surface area contributed by atoms with E-state index in [2.05, 4.69) is 27.0 Å². The number of fused-ring (bicyclic) bond motifs is 1. The van der Waals surface area contributed by atoms with E-state index in [0.717, 1.165) is 10.7 Å². The Hall–Kier alpha value is -0.650. The Kier molecular flexibility index (Phi) is 2.71. The minimum absolute atomic E-state index is 0. The molecule has 5 heteroatoms. The summed E-state index contributed by atoms with van der Waals surface area (Å²) < 4.78 is 2.06. The molecule has 0 bridgehead atoms. The highest BCUT2D eigenvalue weighted by atomic mass is 79.9. The van der Waals surface area contributed by atoms with Gasteiger partial charge in [-0.2, -0.15) is 0 Å². The smallest absolute Gasteiger partial charge is 0.194 e. The number of thiazole rings is 1. The van der Waals surface area contributed by atoms with Crippen LogP contribution in [-0.4, -0.2) is 9.38 Å². The van der Waals surface area contributed by atoms with Crippen LogP contribution in [0.4, 0.5) is 0 Å². The minimum Gasteiger partial charge on any atom is -1.00 e. The quantitative estimate of drug-likeness (QED) is 0.621. The molecule has 3 heterocycles. The van der Waals surface area contributed by atoms with Gasteiger partial charge in [0.1, 0.15) is 5.69 Å². The Labute approximate surface area is 99.6 Å². The van der Waals surface area contributed by atoms with Crippen molar-refractivity contribution in [3.8, 4) is 10.6 Å². The molecular formula is C9H6BrN2S2-. The third kappa shape index (κ3) is 1.51. The molecule has 0 N–H and O–H groups in total. The zero-order chi connectivity index (χ0) is 8.67. The summed E-state index contributed by atoms with van der Waals surface area (Å²) in [6.07, 6.45) is 4.10. The molecule has 0 amide bonds. The van der Waals surface area contributed by atoms with E-state index < -0.39 is 0 Å². The molecule has 0 atom stereocenters. The van der Waals surface area contributed by atoms with E-state index in [1.54, 1.807) is 22.7 Å². The summed E-state index contributed by atoms with van der Waals surface area (Å²) in [5.74, 6) is 0. The fourth-order valence-corrected chi connectivity index (χ4v) is 2.65. The minimum atomic E-state index is 0. The average Bonchev–Trinajstić information content (AvgIpc) is 2.78. The summed E-state index contributed by atoms with van der Waals surface area (Å²) in [5.41, 5.74) is 1.07. The lowest BCUT2D eigenvalue weighted by atomic mass is 10.4. The van der Waals surface area contributed by atoms with Gasteiger partial charge in [0.25, 0.3) is 0 Å². The molecule has 72 valence electrons. The van der Waals surface area contributed by atoms with Crippen molar-refractivity contribution in [2.45, 2.75) is 0 Å². The van der Waals surface area contributed by atoms with Gasteiger partial charge in [0, 0.05) is 17.8 Å². The first-order valence-electron chi connectivity index (χ1n) is 3.89. The number of rotatable bonds is 1. The fourth-order valence-electron chi connectivity index (χ4n) is 1.27. The van der Waals surface area contributed by atoms with Crippen molar-refractivity contribution in [1.29, 1.82) is 0 Å². The largest absolute Gasteiger partial charge is 1.00 e. The molecule has 3 aromatic rings. The van der Waals surface area contributed by atoms with Gasteiger partial charge in [-0.3, -0.25) is 4.40 Å². The predicted molar refractivity (Wildman–Crippen MR) is 56.4 cm³/mol. The molecule has 14 heavy (non-hydrogen) atoms. The summed E-state index contributed by atoms with van der Waals surface area (Å²) in [6, 6.07) is 4.14. The van der Waals surface area contributed by atoms with E-state index in [-0.39, 0.29) is 17.0 Å². The zero-order valence-corrected chi connectivity index (χ0v) is 10.3. The molecule has 0 saturated carbocycles. The topological polar surface area (TPSA) is 17.3 Å². The molecule has 0 aromatic carbocycles. The van der Waals surface area contributed by atoms with Crippen LogP contribution in [0.15, 0.2) is 35.3 Å². The molecule has 0 spiro atoms. The highest BCUT2D eigenvalue weighted by molar-refractivity contribution is 7.15. The molecule has 0 aliphatic carbocycles. The van der Waals surface area contributed by atoms with Crippen LogP contribution in [0.5, 0.6) is 0 Å². The molecule has 0 aliphatic rings. The lowest BCUT2D eigenvalue weighted by molar-refractivity contribution is -0.00000246. The Morgan fingerprint density at radius 1 is 1.21 bits per heavy atom. The molecule has 0 radical (unpaired) electrons. The second-order valence-electron chi connectivity index (χ2n) is 2.70. The van der Waals surface area contributed by atoms with Gasteiger partial charge in [-0.15, -0.1) is 22.7 Å². The second kappa shape index (κ2) is 3.84. The summed E-state index contributed by atoms with van der Waals surface area (Å²) >= 11 is 3.39. The maximum absolute atomic E-state index is 4.51. The molecule has 3 rings (SSSR count). The van der Waals surface area contributed by atoms with Crippen LogP contribution in [0, 0.1) is 0 Å². The van der Waals surface area contributed by atoms with Crippen LogP contribution in [0.1, 0.15) is 0 Å². The van der Waals surface area contributed by atoms with Crippen molar-refractivity contribution in [1.82, 2.24) is 9.38 Å². The fraction of sp³-hybridized carbons (Fsp3) is 0. The SMILES string of the molecule is [Br-].c1csc(-c2cn3ccsc3n2)c1. The monoisotopic (exact) mass is 285 g/mol. The third-order valence-electron chi connectivity index (χ3n) is 1.87. The van der Waals surface area contributed by atoms with Gasteiger partial charge in [0.2, 0.25) is 0 Å². The summed E-state index contributed by atoms with van der Waals surface area (Å²) in [7, 11) is 0. The van der Waals surface area contributed by atoms with E-state index in [0.29, 0.717) is 0 Å². The number of nitrogens with zero attached hydrogens (tertiary/aromatic N) is 2. The van der Waals surface area contributed by atoms with E-state index in [1.807, 2.05) is 17.6 Å². The van der Waals surface area contributed by atoms with Gasteiger partial charge in [-0.25, -0.2) is 4.98 Å². The molecule has 0 aliphatic heterocycles. The maximum atomic E-state index is 4.51. The van der Waals surface area contributed by atoms with Crippen LogP contribution in [0.3, 0.4) is 0 Å². The lowest BCUT2D eigenvalue weighted by Crippen LogP contribution is -3.00. The second-order valence-corrected chi connectivity index (χ2v) is 4.52. The Morgan fingerprint density at radius 2 is 2.14 bits per heavy atom. The first-order valence-corrected chi connectivity index (χ1v) is 5.65. The third-order valence-corrected chi connectivity index (χ3v) is 3.53.